The summed E-state index contributed by atoms with van der Waals surface area (Å²) in [6.07, 6.45) is 5.66. The van der Waals surface area contributed by atoms with Gasteiger partial charge in [0.25, 0.3) is 10.1 Å². The van der Waals surface area contributed by atoms with Crippen LogP contribution in [0.15, 0.2) is 10.7 Å². The quantitative estimate of drug-likeness (QED) is 0.779. The Balaban J connectivity index is 1.84. The number of fused-ring (bicyclic) bond motifs is 2. The van der Waals surface area contributed by atoms with Crippen molar-refractivity contribution in [1.29, 1.82) is 0 Å². The fourth-order valence-corrected chi connectivity index (χ4v) is 4.67. The van der Waals surface area contributed by atoms with Crippen LogP contribution in [0.4, 0.5) is 5.82 Å². The topological polar surface area (TPSA) is 68.3 Å². The van der Waals surface area contributed by atoms with Crippen LogP contribution in [0.5, 0.6) is 0 Å². The normalized spacial score (nSPS) is 28.4. The van der Waals surface area contributed by atoms with Gasteiger partial charge in [-0.15, -0.1) is 0 Å². The van der Waals surface area contributed by atoms with E-state index in [-0.39, 0.29) is 11.5 Å². The van der Waals surface area contributed by atoms with E-state index in [0.29, 0.717) is 17.9 Å². The van der Waals surface area contributed by atoms with Gasteiger partial charge in [0.15, 0.2) is 0 Å². The van der Waals surface area contributed by atoms with Crippen molar-refractivity contribution in [1.82, 2.24) is 4.98 Å². The third-order valence-corrected chi connectivity index (χ3v) is 6.14. The molecule has 0 radical (unpaired) electrons. The molecule has 2 heterocycles. The molecule has 0 bridgehead atoms. The summed E-state index contributed by atoms with van der Waals surface area (Å²) in [5, 5.41) is 4.02. The maximum Gasteiger partial charge on any atom is 0.264 e. The lowest BCUT2D eigenvalue weighted by molar-refractivity contribution is 0.129. The summed E-state index contributed by atoms with van der Waals surface area (Å²) in [4.78, 5) is 4.38. The number of nitrogens with zero attached hydrogens (tertiary/aromatic N) is 1. The van der Waals surface area contributed by atoms with Gasteiger partial charge in [-0.3, -0.25) is 4.18 Å². The summed E-state index contributed by atoms with van der Waals surface area (Å²) in [6, 6.07) is 0. The predicted molar refractivity (Wildman–Crippen MR) is 85.3 cm³/mol. The molecule has 21 heavy (non-hydrogen) atoms. The lowest BCUT2D eigenvalue weighted by Gasteiger charge is -2.36. The van der Waals surface area contributed by atoms with Gasteiger partial charge < -0.3 is 5.32 Å². The molecule has 0 aromatic carbocycles. The molecule has 1 fully saturated rings. The van der Waals surface area contributed by atoms with Gasteiger partial charge in [0.05, 0.1) is 21.9 Å². The van der Waals surface area contributed by atoms with Gasteiger partial charge >= 0.3 is 0 Å². The van der Waals surface area contributed by atoms with Crippen molar-refractivity contribution >= 4 is 43.5 Å². The summed E-state index contributed by atoms with van der Waals surface area (Å²) >= 11 is 9.87. The molecule has 0 atom stereocenters. The van der Waals surface area contributed by atoms with Gasteiger partial charge in [0.1, 0.15) is 5.82 Å². The van der Waals surface area contributed by atoms with Crippen molar-refractivity contribution in [3.8, 4) is 0 Å². The molecular weight excluding hydrogens is 380 g/mol. The minimum Gasteiger partial charge on any atom is -0.369 e. The van der Waals surface area contributed by atoms with E-state index in [1.165, 1.54) is 0 Å². The molecule has 0 amide bonds. The van der Waals surface area contributed by atoms with Crippen LogP contribution in [0.1, 0.15) is 31.2 Å². The molecule has 3 rings (SSSR count). The van der Waals surface area contributed by atoms with E-state index in [1.807, 2.05) is 0 Å². The average Bonchev–Trinajstić information content (AvgIpc) is 2.75. The van der Waals surface area contributed by atoms with Crippen LogP contribution in [0, 0.1) is 0 Å². The van der Waals surface area contributed by atoms with E-state index in [4.69, 9.17) is 15.8 Å². The minimum absolute atomic E-state index is 0.0689. The van der Waals surface area contributed by atoms with Gasteiger partial charge in [-0.05, 0) is 41.6 Å². The highest BCUT2D eigenvalue weighted by Gasteiger charge is 2.45. The van der Waals surface area contributed by atoms with Crippen molar-refractivity contribution in [2.75, 3.05) is 18.1 Å². The van der Waals surface area contributed by atoms with Gasteiger partial charge in [-0.1, -0.05) is 11.6 Å². The van der Waals surface area contributed by atoms with Crippen LogP contribution in [0.25, 0.3) is 0 Å². The number of anilines is 1. The Labute approximate surface area is 137 Å². The number of hydrogen-bond donors (Lipinski definition) is 1. The molecule has 0 saturated heterocycles. The van der Waals surface area contributed by atoms with Gasteiger partial charge in [0.2, 0.25) is 0 Å². The standard InChI is InChI=1S/C13H16BrClN2O3S/c1-21(18,19)20-8-2-4-13(5-3-8)7-17-12-10(13)11(15)9(14)6-16-12/h6,8H,2-5,7H2,1H3,(H,16,17). The van der Waals surface area contributed by atoms with E-state index in [0.717, 1.165) is 41.5 Å². The van der Waals surface area contributed by atoms with Crippen molar-refractivity contribution in [2.45, 2.75) is 37.2 Å². The summed E-state index contributed by atoms with van der Waals surface area (Å²) in [5.41, 5.74) is 0.983. The van der Waals surface area contributed by atoms with Crippen LogP contribution in [-0.4, -0.2) is 32.3 Å². The highest BCUT2D eigenvalue weighted by Crippen LogP contribution is 2.50. The molecule has 116 valence electrons. The van der Waals surface area contributed by atoms with Crippen LogP contribution in [0.3, 0.4) is 0 Å². The largest absolute Gasteiger partial charge is 0.369 e. The second kappa shape index (κ2) is 5.37. The first-order valence-electron chi connectivity index (χ1n) is 6.77. The van der Waals surface area contributed by atoms with Gasteiger partial charge in [-0.2, -0.15) is 8.42 Å². The molecule has 1 spiro atoms. The molecule has 1 N–H and O–H groups in total. The van der Waals surface area contributed by atoms with Crippen LogP contribution < -0.4 is 5.32 Å². The number of halogens is 2. The molecule has 1 aliphatic carbocycles. The van der Waals surface area contributed by atoms with Crippen molar-refractivity contribution in [3.05, 3.63) is 21.3 Å². The zero-order chi connectivity index (χ0) is 15.3. The lowest BCUT2D eigenvalue weighted by Crippen LogP contribution is -2.37. The number of hydrogen-bond acceptors (Lipinski definition) is 5. The lowest BCUT2D eigenvalue weighted by atomic mass is 9.70. The third-order valence-electron chi connectivity index (χ3n) is 4.30. The maximum absolute atomic E-state index is 11.2. The molecule has 8 heteroatoms. The number of aromatic nitrogens is 1. The minimum atomic E-state index is -3.40. The highest BCUT2D eigenvalue weighted by molar-refractivity contribution is 9.10. The zero-order valence-electron chi connectivity index (χ0n) is 11.5. The SMILES string of the molecule is CS(=O)(=O)OC1CCC2(CC1)CNc1ncc(Br)c(Cl)c12. The Morgan fingerprint density at radius 3 is 2.76 bits per heavy atom. The molecule has 1 aliphatic heterocycles. The van der Waals surface area contributed by atoms with Gasteiger partial charge in [-0.25, -0.2) is 4.98 Å². The second-order valence-corrected chi connectivity index (χ2v) is 8.61. The number of pyridine rings is 1. The van der Waals surface area contributed by atoms with Crippen molar-refractivity contribution < 1.29 is 12.6 Å². The third kappa shape index (κ3) is 2.93. The Bertz CT molecular complexity index is 672. The van der Waals surface area contributed by atoms with Crippen LogP contribution >= 0.6 is 27.5 Å². The van der Waals surface area contributed by atoms with E-state index in [9.17, 15) is 8.42 Å². The molecule has 2 aliphatic rings. The number of nitrogens with one attached hydrogen (secondary N) is 1. The fourth-order valence-electron chi connectivity index (χ4n) is 3.34. The first kappa shape index (κ1) is 15.5. The first-order valence-corrected chi connectivity index (χ1v) is 9.76. The summed E-state index contributed by atoms with van der Waals surface area (Å²) in [6.45, 7) is 0.789. The molecule has 1 saturated carbocycles. The monoisotopic (exact) mass is 394 g/mol. The average molecular weight is 396 g/mol. The van der Waals surface area contributed by atoms with E-state index < -0.39 is 10.1 Å². The summed E-state index contributed by atoms with van der Waals surface area (Å²) in [5.74, 6) is 0.839. The number of rotatable bonds is 2. The molecule has 0 unspecified atom stereocenters. The first-order chi connectivity index (χ1) is 9.81. The van der Waals surface area contributed by atoms with E-state index in [1.54, 1.807) is 6.20 Å². The van der Waals surface area contributed by atoms with Crippen LogP contribution in [-0.2, 0) is 19.7 Å². The highest BCUT2D eigenvalue weighted by atomic mass is 79.9. The smallest absolute Gasteiger partial charge is 0.264 e. The summed E-state index contributed by atoms with van der Waals surface area (Å²) in [7, 11) is -3.40. The molecular formula is C13H16BrClN2O3S. The predicted octanol–water partition coefficient (Wildman–Crippen LogP) is 3.08. The van der Waals surface area contributed by atoms with Crippen molar-refractivity contribution in [3.63, 3.8) is 0 Å². The fraction of sp³-hybridized carbons (Fsp3) is 0.615. The zero-order valence-corrected chi connectivity index (χ0v) is 14.7. The van der Waals surface area contributed by atoms with E-state index >= 15 is 0 Å². The van der Waals surface area contributed by atoms with Gasteiger partial charge in [0, 0.05) is 23.7 Å². The van der Waals surface area contributed by atoms with Crippen LogP contribution in [0.2, 0.25) is 5.02 Å². The molecule has 1 aromatic rings. The molecule has 1 aromatic heterocycles. The summed E-state index contributed by atoms with van der Waals surface area (Å²) < 4.78 is 28.4. The molecule has 5 nitrogen and oxygen atoms in total. The maximum atomic E-state index is 11.2. The Morgan fingerprint density at radius 2 is 2.14 bits per heavy atom. The van der Waals surface area contributed by atoms with Crippen molar-refractivity contribution in [2.24, 2.45) is 0 Å². The second-order valence-electron chi connectivity index (χ2n) is 5.78. The Morgan fingerprint density at radius 1 is 1.48 bits per heavy atom. The Kier molecular flexibility index (Phi) is 3.97. The van der Waals surface area contributed by atoms with E-state index in [2.05, 4.69) is 26.2 Å². The Hall–Kier alpha value is -0.370.